The van der Waals surface area contributed by atoms with E-state index < -0.39 is 5.41 Å². The summed E-state index contributed by atoms with van der Waals surface area (Å²) in [4.78, 5) is 13.9. The summed E-state index contributed by atoms with van der Waals surface area (Å²) >= 11 is 0. The Labute approximate surface area is 166 Å². The van der Waals surface area contributed by atoms with Crippen LogP contribution in [0.2, 0.25) is 0 Å². The number of amides is 1. The maximum absolute atomic E-state index is 13.9. The van der Waals surface area contributed by atoms with Crippen molar-refractivity contribution in [1.82, 2.24) is 10.6 Å². The minimum Gasteiger partial charge on any atom is -0.351 e. The van der Waals surface area contributed by atoms with Gasteiger partial charge in [0, 0.05) is 6.54 Å². The highest BCUT2D eigenvalue weighted by Crippen LogP contribution is 2.42. The van der Waals surface area contributed by atoms with E-state index in [2.05, 4.69) is 34.9 Å². The molecule has 1 saturated heterocycles. The molecule has 0 aromatic heterocycles. The fraction of sp³-hybridized carbons (Fsp3) is 0.240. The topological polar surface area (TPSA) is 41.1 Å². The summed E-state index contributed by atoms with van der Waals surface area (Å²) in [5, 5.41) is 6.71. The van der Waals surface area contributed by atoms with Crippen LogP contribution in [0.5, 0.6) is 0 Å². The number of nitrogens with one attached hydrogen (secondary N) is 2. The number of rotatable bonds is 6. The Hall–Kier alpha value is -2.91. The van der Waals surface area contributed by atoms with Crippen LogP contribution in [0.1, 0.15) is 23.1 Å². The van der Waals surface area contributed by atoms with E-state index in [1.165, 1.54) is 0 Å². The first-order chi connectivity index (χ1) is 13.8. The first-order valence-corrected chi connectivity index (χ1v) is 9.96. The quantitative estimate of drug-likeness (QED) is 0.691. The van der Waals surface area contributed by atoms with E-state index in [1.807, 2.05) is 66.7 Å². The van der Waals surface area contributed by atoms with Crippen LogP contribution in [-0.4, -0.2) is 19.0 Å². The molecule has 0 aliphatic carbocycles. The van der Waals surface area contributed by atoms with Gasteiger partial charge in [-0.1, -0.05) is 91.0 Å². The lowest BCUT2D eigenvalue weighted by molar-refractivity contribution is -0.127. The van der Waals surface area contributed by atoms with Gasteiger partial charge in [0.1, 0.15) is 5.41 Å². The van der Waals surface area contributed by atoms with Crippen molar-refractivity contribution in [2.45, 2.75) is 18.4 Å². The first kappa shape index (κ1) is 18.5. The molecular formula is C25H26N2O. The average Bonchev–Trinajstić information content (AvgIpc) is 3.30. The van der Waals surface area contributed by atoms with Crippen molar-refractivity contribution in [3.8, 4) is 0 Å². The Morgan fingerprint density at radius 3 is 1.89 bits per heavy atom. The maximum Gasteiger partial charge on any atom is 0.235 e. The first-order valence-electron chi connectivity index (χ1n) is 9.96. The fourth-order valence-electron chi connectivity index (χ4n) is 4.43. The molecule has 2 N–H and O–H groups in total. The zero-order valence-electron chi connectivity index (χ0n) is 16.0. The number of hydrogen-bond acceptors (Lipinski definition) is 2. The third-order valence-electron chi connectivity index (χ3n) is 5.78. The van der Waals surface area contributed by atoms with Crippen molar-refractivity contribution >= 4 is 5.91 Å². The van der Waals surface area contributed by atoms with Crippen LogP contribution in [0.25, 0.3) is 0 Å². The molecule has 1 atom stereocenters. The van der Waals surface area contributed by atoms with Gasteiger partial charge in [-0.3, -0.25) is 4.79 Å². The summed E-state index contributed by atoms with van der Waals surface area (Å²) in [7, 11) is 0. The van der Waals surface area contributed by atoms with E-state index in [4.69, 9.17) is 0 Å². The summed E-state index contributed by atoms with van der Waals surface area (Å²) < 4.78 is 0. The molecule has 1 aliphatic rings. The zero-order valence-corrected chi connectivity index (χ0v) is 16.0. The number of carbonyl (C=O) groups excluding carboxylic acids is 1. The molecule has 1 unspecified atom stereocenters. The van der Waals surface area contributed by atoms with E-state index in [1.54, 1.807) is 0 Å². The normalized spacial score (nSPS) is 16.6. The highest BCUT2D eigenvalue weighted by molar-refractivity contribution is 5.92. The van der Waals surface area contributed by atoms with E-state index in [9.17, 15) is 4.79 Å². The molecule has 1 heterocycles. The number of benzene rings is 3. The van der Waals surface area contributed by atoms with Crippen LogP contribution in [0, 0.1) is 5.92 Å². The van der Waals surface area contributed by atoms with E-state index in [0.717, 1.165) is 36.2 Å². The molecule has 3 aromatic carbocycles. The highest BCUT2D eigenvalue weighted by Gasteiger charge is 2.49. The van der Waals surface area contributed by atoms with E-state index >= 15 is 0 Å². The van der Waals surface area contributed by atoms with Crippen LogP contribution < -0.4 is 10.6 Å². The Morgan fingerprint density at radius 1 is 0.857 bits per heavy atom. The lowest BCUT2D eigenvalue weighted by atomic mass is 9.64. The predicted molar refractivity (Wildman–Crippen MR) is 113 cm³/mol. The van der Waals surface area contributed by atoms with Gasteiger partial charge in [-0.2, -0.15) is 0 Å². The van der Waals surface area contributed by atoms with Crippen LogP contribution in [-0.2, 0) is 16.8 Å². The van der Waals surface area contributed by atoms with Crippen molar-refractivity contribution in [2.75, 3.05) is 13.1 Å². The smallest absolute Gasteiger partial charge is 0.235 e. The maximum atomic E-state index is 13.9. The summed E-state index contributed by atoms with van der Waals surface area (Å²) in [6, 6.07) is 30.6. The molecule has 0 radical (unpaired) electrons. The third kappa shape index (κ3) is 3.46. The highest BCUT2D eigenvalue weighted by atomic mass is 16.2. The van der Waals surface area contributed by atoms with Crippen molar-refractivity contribution in [2.24, 2.45) is 5.92 Å². The third-order valence-corrected chi connectivity index (χ3v) is 5.78. The van der Waals surface area contributed by atoms with Crippen molar-refractivity contribution in [3.05, 3.63) is 108 Å². The second-order valence-electron chi connectivity index (χ2n) is 7.40. The molecule has 3 nitrogen and oxygen atoms in total. The van der Waals surface area contributed by atoms with E-state index in [0.29, 0.717) is 6.54 Å². The number of carbonyl (C=O) groups is 1. The second kappa shape index (κ2) is 8.41. The second-order valence-corrected chi connectivity index (χ2v) is 7.40. The van der Waals surface area contributed by atoms with Crippen LogP contribution in [0.4, 0.5) is 0 Å². The van der Waals surface area contributed by atoms with Crippen LogP contribution in [0.15, 0.2) is 91.0 Å². The molecule has 1 amide bonds. The molecule has 0 saturated carbocycles. The van der Waals surface area contributed by atoms with Crippen molar-refractivity contribution < 1.29 is 4.79 Å². The Balaban J connectivity index is 1.78. The molecule has 3 heteroatoms. The predicted octanol–water partition coefficient (Wildman–Crippen LogP) is 3.90. The standard InChI is InChI=1S/C25H26N2O/c28-24(27-18-20-10-4-1-5-11-20)25(23-16-17-26-19-23,21-12-6-2-7-13-21)22-14-8-3-9-15-22/h1-15,23,26H,16-19H2,(H,27,28). The molecule has 142 valence electrons. The molecule has 0 spiro atoms. The fourth-order valence-corrected chi connectivity index (χ4v) is 4.43. The van der Waals surface area contributed by atoms with E-state index in [-0.39, 0.29) is 11.8 Å². The molecule has 0 bridgehead atoms. The van der Waals surface area contributed by atoms with Gasteiger partial charge in [-0.15, -0.1) is 0 Å². The lowest BCUT2D eigenvalue weighted by Crippen LogP contribution is -2.51. The minimum absolute atomic E-state index is 0.0717. The SMILES string of the molecule is O=C(NCc1ccccc1)C(c1ccccc1)(c1ccccc1)C1CCNC1. The van der Waals surface area contributed by atoms with Gasteiger partial charge < -0.3 is 10.6 Å². The van der Waals surface area contributed by atoms with Crippen LogP contribution in [0.3, 0.4) is 0 Å². The van der Waals surface area contributed by atoms with Crippen LogP contribution >= 0.6 is 0 Å². The molecule has 4 rings (SSSR count). The monoisotopic (exact) mass is 370 g/mol. The molecular weight excluding hydrogens is 344 g/mol. The summed E-state index contributed by atoms with van der Waals surface area (Å²) in [5.41, 5.74) is 2.51. The summed E-state index contributed by atoms with van der Waals surface area (Å²) in [5.74, 6) is 0.274. The van der Waals surface area contributed by atoms with Crippen molar-refractivity contribution in [1.29, 1.82) is 0 Å². The molecule has 3 aromatic rings. The molecule has 1 fully saturated rings. The lowest BCUT2D eigenvalue weighted by Gasteiger charge is -2.38. The van der Waals surface area contributed by atoms with Gasteiger partial charge in [0.25, 0.3) is 0 Å². The van der Waals surface area contributed by atoms with Gasteiger partial charge >= 0.3 is 0 Å². The largest absolute Gasteiger partial charge is 0.351 e. The van der Waals surface area contributed by atoms with Gasteiger partial charge in [0.2, 0.25) is 5.91 Å². The molecule has 28 heavy (non-hydrogen) atoms. The average molecular weight is 370 g/mol. The van der Waals surface area contributed by atoms with Gasteiger partial charge in [-0.05, 0) is 42.1 Å². The Kier molecular flexibility index (Phi) is 5.54. The van der Waals surface area contributed by atoms with Gasteiger partial charge in [0.15, 0.2) is 0 Å². The minimum atomic E-state index is -0.708. The summed E-state index contributed by atoms with van der Waals surface area (Å²) in [6.07, 6.45) is 0.975. The number of hydrogen-bond donors (Lipinski definition) is 2. The Bertz CT molecular complexity index is 848. The summed E-state index contributed by atoms with van der Waals surface area (Å²) in [6.45, 7) is 2.31. The van der Waals surface area contributed by atoms with Gasteiger partial charge in [0.05, 0.1) is 0 Å². The van der Waals surface area contributed by atoms with Gasteiger partial charge in [-0.25, -0.2) is 0 Å². The molecule has 1 aliphatic heterocycles. The van der Waals surface area contributed by atoms with Crippen molar-refractivity contribution in [3.63, 3.8) is 0 Å². The Morgan fingerprint density at radius 2 is 1.39 bits per heavy atom. The zero-order chi connectivity index (χ0) is 19.2.